The van der Waals surface area contributed by atoms with Crippen LogP contribution in [0.25, 0.3) is 0 Å². The molecule has 0 amide bonds. The lowest BCUT2D eigenvalue weighted by Crippen LogP contribution is -1.94. The molecule has 0 spiro atoms. The molecule has 0 fully saturated rings. The fourth-order valence-corrected chi connectivity index (χ4v) is 1.58. The molecule has 19 heavy (non-hydrogen) atoms. The summed E-state index contributed by atoms with van der Waals surface area (Å²) in [6.07, 6.45) is 0. The number of rotatable bonds is 5. The number of furan rings is 1. The highest BCUT2D eigenvalue weighted by molar-refractivity contribution is 5.85. The van der Waals surface area contributed by atoms with E-state index in [4.69, 9.17) is 19.0 Å². The van der Waals surface area contributed by atoms with E-state index in [1.54, 1.807) is 31.4 Å². The first-order valence-corrected chi connectivity index (χ1v) is 5.46. The zero-order valence-corrected chi connectivity index (χ0v) is 10.5. The number of methoxy groups -OCH3 is 2. The molecule has 1 aromatic heterocycles. The number of carbonyl (C=O) groups is 1. The smallest absolute Gasteiger partial charge is 0.371 e. The number of benzene rings is 1. The van der Waals surface area contributed by atoms with Crippen LogP contribution in [0.2, 0.25) is 0 Å². The van der Waals surface area contributed by atoms with E-state index in [0.717, 1.165) is 0 Å². The van der Waals surface area contributed by atoms with Crippen molar-refractivity contribution >= 4 is 17.5 Å². The Hall–Kier alpha value is -2.63. The van der Waals surface area contributed by atoms with E-state index in [-0.39, 0.29) is 5.76 Å². The quantitative estimate of drug-likeness (QED) is 0.863. The molecule has 2 N–H and O–H groups in total. The second kappa shape index (κ2) is 5.34. The maximum atomic E-state index is 10.7. The average Bonchev–Trinajstić information content (AvgIpc) is 2.87. The number of carboxylic acid groups (broad SMARTS) is 1. The van der Waals surface area contributed by atoms with Gasteiger partial charge >= 0.3 is 5.97 Å². The van der Waals surface area contributed by atoms with Crippen molar-refractivity contribution in [3.05, 3.63) is 36.1 Å². The molecular weight excluding hydrogens is 250 g/mol. The zero-order valence-electron chi connectivity index (χ0n) is 10.5. The summed E-state index contributed by atoms with van der Waals surface area (Å²) < 4.78 is 15.4. The van der Waals surface area contributed by atoms with Crippen LogP contribution < -0.4 is 14.8 Å². The molecule has 0 bridgehead atoms. The predicted molar refractivity (Wildman–Crippen MR) is 68.5 cm³/mol. The van der Waals surface area contributed by atoms with Gasteiger partial charge in [0, 0.05) is 17.8 Å². The van der Waals surface area contributed by atoms with Crippen LogP contribution in [0.15, 0.2) is 34.7 Å². The van der Waals surface area contributed by atoms with Gasteiger partial charge in [0.25, 0.3) is 0 Å². The minimum atomic E-state index is -1.11. The van der Waals surface area contributed by atoms with E-state index in [9.17, 15) is 4.79 Å². The Morgan fingerprint density at radius 2 is 1.89 bits per heavy atom. The van der Waals surface area contributed by atoms with Crippen molar-refractivity contribution in [2.24, 2.45) is 0 Å². The fourth-order valence-electron chi connectivity index (χ4n) is 1.58. The van der Waals surface area contributed by atoms with Gasteiger partial charge in [-0.2, -0.15) is 0 Å². The Morgan fingerprint density at radius 3 is 2.47 bits per heavy atom. The molecule has 1 heterocycles. The van der Waals surface area contributed by atoms with Gasteiger partial charge in [-0.3, -0.25) is 0 Å². The van der Waals surface area contributed by atoms with E-state index in [1.807, 2.05) is 0 Å². The monoisotopic (exact) mass is 263 g/mol. The molecule has 100 valence electrons. The van der Waals surface area contributed by atoms with Crippen molar-refractivity contribution in [2.45, 2.75) is 0 Å². The van der Waals surface area contributed by atoms with Crippen LogP contribution in [0.5, 0.6) is 11.5 Å². The molecule has 0 aliphatic carbocycles. The lowest BCUT2D eigenvalue weighted by atomic mass is 10.2. The van der Waals surface area contributed by atoms with Crippen molar-refractivity contribution < 1.29 is 23.8 Å². The second-order valence-electron chi connectivity index (χ2n) is 3.66. The summed E-state index contributed by atoms with van der Waals surface area (Å²) in [5.41, 5.74) is 0.698. The van der Waals surface area contributed by atoms with Crippen LogP contribution in [0.4, 0.5) is 11.6 Å². The molecule has 0 radical (unpaired) electrons. The highest BCUT2D eigenvalue weighted by Gasteiger charge is 2.10. The third-order valence-corrected chi connectivity index (χ3v) is 2.47. The Balaban J connectivity index is 2.20. The normalized spacial score (nSPS) is 10.0. The standard InChI is InChI=1S/C13H13NO5/c1-17-9-4-3-8(7-11(9)18-2)14-12-6-5-10(19-12)13(15)16/h3-7,14H,1-2H3,(H,15,16). The van der Waals surface area contributed by atoms with E-state index in [2.05, 4.69) is 5.32 Å². The first kappa shape index (κ1) is 12.8. The number of nitrogens with one attached hydrogen (secondary N) is 1. The van der Waals surface area contributed by atoms with Gasteiger partial charge in [-0.1, -0.05) is 0 Å². The van der Waals surface area contributed by atoms with Crippen LogP contribution in [-0.4, -0.2) is 25.3 Å². The molecule has 6 heteroatoms. The topological polar surface area (TPSA) is 80.9 Å². The van der Waals surface area contributed by atoms with Gasteiger partial charge in [0.2, 0.25) is 5.76 Å². The van der Waals surface area contributed by atoms with Crippen molar-refractivity contribution in [1.29, 1.82) is 0 Å². The Morgan fingerprint density at radius 1 is 1.16 bits per heavy atom. The number of hydrogen-bond donors (Lipinski definition) is 2. The van der Waals surface area contributed by atoms with Gasteiger partial charge in [-0.05, 0) is 18.2 Å². The molecule has 0 atom stereocenters. The lowest BCUT2D eigenvalue weighted by molar-refractivity contribution is 0.0663. The van der Waals surface area contributed by atoms with E-state index < -0.39 is 5.97 Å². The van der Waals surface area contributed by atoms with Crippen molar-refractivity contribution in [1.82, 2.24) is 0 Å². The summed E-state index contributed by atoms with van der Waals surface area (Å²) in [4.78, 5) is 10.7. The minimum Gasteiger partial charge on any atom is -0.493 e. The molecule has 0 saturated carbocycles. The lowest BCUT2D eigenvalue weighted by Gasteiger charge is -2.09. The summed E-state index contributed by atoms with van der Waals surface area (Å²) in [7, 11) is 3.09. The van der Waals surface area contributed by atoms with Gasteiger partial charge in [0.05, 0.1) is 14.2 Å². The average molecular weight is 263 g/mol. The highest BCUT2D eigenvalue weighted by atomic mass is 16.5. The minimum absolute atomic E-state index is 0.122. The molecule has 6 nitrogen and oxygen atoms in total. The maximum absolute atomic E-state index is 10.7. The summed E-state index contributed by atoms with van der Waals surface area (Å²) in [5, 5.41) is 11.7. The summed E-state index contributed by atoms with van der Waals surface area (Å²) >= 11 is 0. The predicted octanol–water partition coefficient (Wildman–Crippen LogP) is 2.74. The molecule has 0 unspecified atom stereocenters. The Labute approximate surface area is 109 Å². The van der Waals surface area contributed by atoms with Crippen LogP contribution in [0, 0.1) is 0 Å². The number of aromatic carboxylic acids is 1. The zero-order chi connectivity index (χ0) is 13.8. The van der Waals surface area contributed by atoms with Crippen molar-refractivity contribution in [3.8, 4) is 11.5 Å². The molecule has 2 rings (SSSR count). The highest BCUT2D eigenvalue weighted by Crippen LogP contribution is 2.31. The summed E-state index contributed by atoms with van der Waals surface area (Å²) in [6, 6.07) is 8.15. The molecule has 0 aliphatic rings. The van der Waals surface area contributed by atoms with Crippen LogP contribution in [0.3, 0.4) is 0 Å². The number of ether oxygens (including phenoxy) is 2. The second-order valence-corrected chi connectivity index (χ2v) is 3.66. The van der Waals surface area contributed by atoms with E-state index in [1.165, 1.54) is 13.2 Å². The maximum Gasteiger partial charge on any atom is 0.371 e. The van der Waals surface area contributed by atoms with Gasteiger partial charge < -0.3 is 24.3 Å². The molecule has 2 aromatic rings. The van der Waals surface area contributed by atoms with Gasteiger partial charge in [-0.25, -0.2) is 4.79 Å². The van der Waals surface area contributed by atoms with Gasteiger partial charge in [0.15, 0.2) is 17.4 Å². The molecule has 1 aromatic carbocycles. The van der Waals surface area contributed by atoms with Gasteiger partial charge in [0.1, 0.15) is 0 Å². The molecule has 0 saturated heterocycles. The van der Waals surface area contributed by atoms with Crippen LogP contribution in [0.1, 0.15) is 10.6 Å². The number of carboxylic acids is 1. The number of hydrogen-bond acceptors (Lipinski definition) is 5. The number of anilines is 2. The largest absolute Gasteiger partial charge is 0.493 e. The van der Waals surface area contributed by atoms with E-state index in [0.29, 0.717) is 23.1 Å². The van der Waals surface area contributed by atoms with E-state index >= 15 is 0 Å². The van der Waals surface area contributed by atoms with Crippen molar-refractivity contribution in [2.75, 3.05) is 19.5 Å². The Kier molecular flexibility index (Phi) is 3.61. The summed E-state index contributed by atoms with van der Waals surface area (Å²) in [6.45, 7) is 0. The van der Waals surface area contributed by atoms with Crippen LogP contribution in [-0.2, 0) is 0 Å². The summed E-state index contributed by atoms with van der Waals surface area (Å²) in [5.74, 6) is 0.282. The fraction of sp³-hybridized carbons (Fsp3) is 0.154. The van der Waals surface area contributed by atoms with Gasteiger partial charge in [-0.15, -0.1) is 0 Å². The third-order valence-electron chi connectivity index (χ3n) is 2.47. The van der Waals surface area contributed by atoms with Crippen LogP contribution >= 0.6 is 0 Å². The first-order chi connectivity index (χ1) is 9.13. The first-order valence-electron chi connectivity index (χ1n) is 5.46. The molecular formula is C13H13NO5. The third kappa shape index (κ3) is 2.79. The SMILES string of the molecule is COc1ccc(Nc2ccc(C(=O)O)o2)cc1OC. The van der Waals surface area contributed by atoms with Crippen molar-refractivity contribution in [3.63, 3.8) is 0 Å². The molecule has 0 aliphatic heterocycles. The Bertz CT molecular complexity index is 590.